The Kier molecular flexibility index (Phi) is 8.32. The van der Waals surface area contributed by atoms with Gasteiger partial charge in [-0.15, -0.1) is 0 Å². The van der Waals surface area contributed by atoms with Crippen LogP contribution in [0.15, 0.2) is 47.4 Å². The molecule has 2 aliphatic rings. The molecule has 2 heterocycles. The third-order valence-electron chi connectivity index (χ3n) is 6.35. The molecule has 2 aromatic carbocycles. The summed E-state index contributed by atoms with van der Waals surface area (Å²) in [6.45, 7) is 3.53. The molecular weight excluding hydrogens is 517 g/mol. The van der Waals surface area contributed by atoms with Crippen molar-refractivity contribution in [1.29, 1.82) is 0 Å². The molecule has 0 spiro atoms. The smallest absolute Gasteiger partial charge is 0.252 e. The molecule has 0 radical (unpaired) electrons. The van der Waals surface area contributed by atoms with Crippen LogP contribution in [0.1, 0.15) is 43.5 Å². The normalized spacial score (nSPS) is 18.6. The van der Waals surface area contributed by atoms with Crippen molar-refractivity contribution in [3.8, 4) is 11.5 Å². The predicted molar refractivity (Wildman–Crippen MR) is 135 cm³/mol. The Labute approximate surface area is 220 Å². The van der Waals surface area contributed by atoms with Gasteiger partial charge in [0.05, 0.1) is 17.5 Å². The fourth-order valence-corrected chi connectivity index (χ4v) is 5.81. The van der Waals surface area contributed by atoms with Gasteiger partial charge in [-0.05, 0) is 67.6 Å². The molecule has 2 amide bonds. The van der Waals surface area contributed by atoms with Crippen molar-refractivity contribution in [2.45, 2.75) is 50.1 Å². The van der Waals surface area contributed by atoms with Gasteiger partial charge in [-0.3, -0.25) is 14.4 Å². The monoisotopic (exact) mass is 547 g/mol. The van der Waals surface area contributed by atoms with Gasteiger partial charge in [-0.2, -0.15) is 4.31 Å². The predicted octanol–water partition coefficient (Wildman–Crippen LogP) is 2.24. The minimum absolute atomic E-state index is 0.0592. The van der Waals surface area contributed by atoms with Crippen LogP contribution in [0.3, 0.4) is 0 Å². The topological polar surface area (TPSA) is 131 Å². The molecule has 1 saturated heterocycles. The lowest BCUT2D eigenvalue weighted by atomic mass is 10.0. The number of nitrogens with zero attached hydrogens (tertiary/aromatic N) is 1. The van der Waals surface area contributed by atoms with Gasteiger partial charge in [0, 0.05) is 12.1 Å². The minimum Gasteiger partial charge on any atom is -0.454 e. The molecule has 2 aromatic rings. The number of fused-ring (bicyclic) bond motifs is 1. The number of nitrogens with one attached hydrogen (secondary N) is 2. The van der Waals surface area contributed by atoms with E-state index in [9.17, 15) is 27.2 Å². The van der Waals surface area contributed by atoms with Gasteiger partial charge >= 0.3 is 0 Å². The number of sulfonamides is 1. The second-order valence-electron chi connectivity index (χ2n) is 9.69. The van der Waals surface area contributed by atoms with Gasteiger partial charge in [0.1, 0.15) is 11.9 Å². The number of carbonyl (C=O) groups excluding carboxylic acids is 3. The highest BCUT2D eigenvalue weighted by Gasteiger charge is 2.34. The molecule has 4 rings (SSSR count). The summed E-state index contributed by atoms with van der Waals surface area (Å²) in [5.74, 6) is -1.02. The van der Waals surface area contributed by atoms with Crippen LogP contribution in [0.4, 0.5) is 4.39 Å². The van der Waals surface area contributed by atoms with Crippen molar-refractivity contribution in [3.05, 3.63) is 53.8 Å². The fraction of sp³-hybridized carbons (Fsp3) is 0.423. The second-order valence-corrected chi connectivity index (χ2v) is 11.6. The van der Waals surface area contributed by atoms with Gasteiger partial charge in [0.2, 0.25) is 22.7 Å². The molecule has 204 valence electrons. The average Bonchev–Trinajstić information content (AvgIpc) is 3.26. The Bertz CT molecular complexity index is 1310. The van der Waals surface area contributed by atoms with Crippen molar-refractivity contribution in [1.82, 2.24) is 14.9 Å². The Morgan fingerprint density at radius 1 is 1.11 bits per heavy atom. The summed E-state index contributed by atoms with van der Waals surface area (Å²) < 4.78 is 50.8. The number of hydrogen-bond donors (Lipinski definition) is 2. The van der Waals surface area contributed by atoms with Crippen LogP contribution >= 0.6 is 0 Å². The van der Waals surface area contributed by atoms with Gasteiger partial charge < -0.3 is 20.1 Å². The van der Waals surface area contributed by atoms with E-state index in [4.69, 9.17) is 9.47 Å². The number of rotatable bonds is 8. The van der Waals surface area contributed by atoms with E-state index < -0.39 is 52.1 Å². The van der Waals surface area contributed by atoms with Crippen molar-refractivity contribution in [3.63, 3.8) is 0 Å². The van der Waals surface area contributed by atoms with Gasteiger partial charge in [0.15, 0.2) is 17.3 Å². The highest BCUT2D eigenvalue weighted by Crippen LogP contribution is 2.32. The fourth-order valence-electron chi connectivity index (χ4n) is 4.36. The van der Waals surface area contributed by atoms with Crippen LogP contribution in [-0.2, 0) is 19.6 Å². The average molecular weight is 548 g/mol. The molecule has 12 heteroatoms. The van der Waals surface area contributed by atoms with Crippen molar-refractivity contribution in [2.24, 2.45) is 5.92 Å². The zero-order chi connectivity index (χ0) is 27.4. The first-order chi connectivity index (χ1) is 18.0. The maximum Gasteiger partial charge on any atom is 0.252 e. The lowest BCUT2D eigenvalue weighted by Crippen LogP contribution is -2.52. The van der Waals surface area contributed by atoms with E-state index in [1.807, 2.05) is 13.8 Å². The maximum atomic E-state index is 13.2. The summed E-state index contributed by atoms with van der Waals surface area (Å²) in [5.41, 5.74) is 0.294. The first kappa shape index (κ1) is 27.5. The van der Waals surface area contributed by atoms with Crippen molar-refractivity contribution in [2.75, 3.05) is 19.9 Å². The molecule has 0 unspecified atom stereocenters. The van der Waals surface area contributed by atoms with E-state index in [1.165, 1.54) is 6.07 Å². The molecule has 0 aromatic heterocycles. The molecule has 1 fully saturated rings. The Morgan fingerprint density at radius 3 is 2.53 bits per heavy atom. The third-order valence-corrected chi connectivity index (χ3v) is 8.21. The van der Waals surface area contributed by atoms with Crippen LogP contribution in [0, 0.1) is 11.7 Å². The molecule has 38 heavy (non-hydrogen) atoms. The number of ether oxygens (including phenoxy) is 2. The number of benzene rings is 2. The first-order valence-electron chi connectivity index (χ1n) is 12.3. The number of amides is 2. The van der Waals surface area contributed by atoms with Gasteiger partial charge in [-0.1, -0.05) is 13.8 Å². The van der Waals surface area contributed by atoms with E-state index >= 15 is 0 Å². The third kappa shape index (κ3) is 6.30. The van der Waals surface area contributed by atoms with Gasteiger partial charge in [-0.25, -0.2) is 12.8 Å². The minimum atomic E-state index is -4.01. The van der Waals surface area contributed by atoms with Crippen molar-refractivity contribution < 1.29 is 36.7 Å². The summed E-state index contributed by atoms with van der Waals surface area (Å²) in [6, 6.07) is 7.29. The highest BCUT2D eigenvalue weighted by atomic mass is 32.2. The highest BCUT2D eigenvalue weighted by molar-refractivity contribution is 7.89. The molecular formula is C26H30FN3O7S. The summed E-state index contributed by atoms with van der Waals surface area (Å²) in [4.78, 5) is 39.0. The summed E-state index contributed by atoms with van der Waals surface area (Å²) in [5, 5.41) is 5.45. The molecule has 2 N–H and O–H groups in total. The molecule has 0 aliphatic carbocycles. The summed E-state index contributed by atoms with van der Waals surface area (Å²) >= 11 is 0. The molecule has 0 bridgehead atoms. The quantitative estimate of drug-likeness (QED) is 0.518. The Balaban J connectivity index is 1.42. The van der Waals surface area contributed by atoms with E-state index in [0.717, 1.165) is 28.6 Å². The van der Waals surface area contributed by atoms with Crippen LogP contribution in [0.5, 0.6) is 11.5 Å². The molecule has 2 aliphatic heterocycles. The van der Waals surface area contributed by atoms with E-state index in [-0.39, 0.29) is 30.6 Å². The van der Waals surface area contributed by atoms with Crippen LogP contribution in [0.2, 0.25) is 0 Å². The van der Waals surface area contributed by atoms with Crippen LogP contribution in [-0.4, -0.2) is 62.3 Å². The molecule has 10 nitrogen and oxygen atoms in total. The summed E-state index contributed by atoms with van der Waals surface area (Å²) in [6.07, 6.45) is 0.897. The van der Waals surface area contributed by atoms with Gasteiger partial charge in [0.25, 0.3) is 5.91 Å². The summed E-state index contributed by atoms with van der Waals surface area (Å²) in [7, 11) is -4.01. The Hall–Kier alpha value is -3.51. The van der Waals surface area contributed by atoms with E-state index in [0.29, 0.717) is 29.9 Å². The number of ketones is 1. The largest absolute Gasteiger partial charge is 0.454 e. The first-order valence-corrected chi connectivity index (χ1v) is 13.8. The maximum absolute atomic E-state index is 13.2. The lowest BCUT2D eigenvalue weighted by Gasteiger charge is -2.23. The molecule has 2 atom stereocenters. The molecule has 0 saturated carbocycles. The number of carbonyl (C=O) groups is 3. The lowest BCUT2D eigenvalue weighted by molar-refractivity contribution is -0.129. The van der Waals surface area contributed by atoms with Crippen LogP contribution < -0.4 is 20.1 Å². The number of hydrogen-bond acceptors (Lipinski definition) is 7. The number of halogens is 1. The Morgan fingerprint density at radius 2 is 1.82 bits per heavy atom. The second kappa shape index (κ2) is 11.5. The zero-order valence-corrected chi connectivity index (χ0v) is 21.9. The van der Waals surface area contributed by atoms with E-state index in [1.54, 1.807) is 12.1 Å². The zero-order valence-electron chi connectivity index (χ0n) is 21.1. The SMILES string of the molecule is CC(C)C[C@@H](NC(=O)c1ccc2c(c1)OCO2)C(=O)N[C@@H]1CCCN(S(=O)(=O)c2ccc(F)cc2)CC1=O. The van der Waals surface area contributed by atoms with Crippen molar-refractivity contribution >= 4 is 27.6 Å². The standard InChI is InChI=1S/C26H30FN3O7S/c1-16(2)12-21(29-25(32)17-5-10-23-24(13-17)37-15-36-23)26(33)28-20-4-3-11-30(14-22(20)31)38(34,35)19-8-6-18(27)7-9-19/h5-10,13,16,20-21H,3-4,11-12,14-15H2,1-2H3,(H,28,33)(H,29,32)/t20-,21-/m1/s1. The number of Topliss-reactive ketones (excluding diaryl/α,β-unsaturated/α-hetero) is 1. The van der Waals surface area contributed by atoms with E-state index in [2.05, 4.69) is 10.6 Å². The van der Waals surface area contributed by atoms with Crippen LogP contribution in [0.25, 0.3) is 0 Å².